The second kappa shape index (κ2) is 7.30. The lowest BCUT2D eigenvalue weighted by Gasteiger charge is -2.14. The highest BCUT2D eigenvalue weighted by Gasteiger charge is 2.13. The summed E-state index contributed by atoms with van der Waals surface area (Å²) in [5.74, 6) is -0.279. The molecule has 0 radical (unpaired) electrons. The fourth-order valence-corrected chi connectivity index (χ4v) is 2.90. The molecule has 0 fully saturated rings. The molecule has 0 saturated carbocycles. The van der Waals surface area contributed by atoms with Crippen molar-refractivity contribution in [3.8, 4) is 5.69 Å². The van der Waals surface area contributed by atoms with Crippen LogP contribution in [0.4, 0.5) is 0 Å². The lowest BCUT2D eigenvalue weighted by Crippen LogP contribution is -2.24. The Kier molecular flexibility index (Phi) is 4.93. The van der Waals surface area contributed by atoms with Gasteiger partial charge in [-0.3, -0.25) is 9.36 Å². The van der Waals surface area contributed by atoms with Crippen LogP contribution in [0.25, 0.3) is 16.6 Å². The Bertz CT molecular complexity index is 959. The van der Waals surface area contributed by atoms with Crippen molar-refractivity contribution in [2.24, 2.45) is 0 Å². The maximum absolute atomic E-state index is 13.0. The third-order valence-electron chi connectivity index (χ3n) is 4.22. The van der Waals surface area contributed by atoms with Gasteiger partial charge >= 0.3 is 5.97 Å². The number of nitrogens with zero attached hydrogens (tertiary/aromatic N) is 2. The standard InChI is InChI=1S/C20H20N2O3/c1-2-3-4-9-18-21-17-8-6-5-7-16(17)19(23)22(18)15-12-10-14(11-13-15)20(24)25/h5-8,10-13H,2-4,9H2,1H3,(H,24,25). The molecule has 0 saturated heterocycles. The summed E-state index contributed by atoms with van der Waals surface area (Å²) >= 11 is 0. The van der Waals surface area contributed by atoms with Gasteiger partial charge in [-0.25, -0.2) is 9.78 Å². The van der Waals surface area contributed by atoms with E-state index in [1.54, 1.807) is 22.8 Å². The van der Waals surface area contributed by atoms with Crippen molar-refractivity contribution in [1.82, 2.24) is 9.55 Å². The highest BCUT2D eigenvalue weighted by atomic mass is 16.4. The highest BCUT2D eigenvalue weighted by Crippen LogP contribution is 2.16. The Labute approximate surface area is 145 Å². The molecule has 1 aromatic heterocycles. The van der Waals surface area contributed by atoms with Crippen molar-refractivity contribution < 1.29 is 9.90 Å². The summed E-state index contributed by atoms with van der Waals surface area (Å²) in [5, 5.41) is 9.62. The fourth-order valence-electron chi connectivity index (χ4n) is 2.90. The molecule has 0 spiro atoms. The van der Waals surface area contributed by atoms with E-state index in [0.717, 1.165) is 19.3 Å². The summed E-state index contributed by atoms with van der Waals surface area (Å²) in [6.07, 6.45) is 3.81. The van der Waals surface area contributed by atoms with Crippen molar-refractivity contribution in [3.05, 3.63) is 70.3 Å². The van der Waals surface area contributed by atoms with Crippen LogP contribution < -0.4 is 5.56 Å². The molecule has 0 atom stereocenters. The zero-order valence-electron chi connectivity index (χ0n) is 14.1. The van der Waals surface area contributed by atoms with E-state index in [1.165, 1.54) is 12.1 Å². The van der Waals surface area contributed by atoms with Gasteiger partial charge < -0.3 is 5.11 Å². The molecule has 1 N–H and O–H groups in total. The predicted molar refractivity (Wildman–Crippen MR) is 97.5 cm³/mol. The van der Waals surface area contributed by atoms with Crippen molar-refractivity contribution in [2.45, 2.75) is 32.6 Å². The van der Waals surface area contributed by atoms with Gasteiger partial charge in [-0.15, -0.1) is 0 Å². The average molecular weight is 336 g/mol. The number of aromatic carboxylic acids is 1. The lowest BCUT2D eigenvalue weighted by atomic mass is 10.1. The molecular formula is C20H20N2O3. The van der Waals surface area contributed by atoms with E-state index in [-0.39, 0.29) is 11.1 Å². The van der Waals surface area contributed by atoms with Crippen LogP contribution in [0.15, 0.2) is 53.3 Å². The zero-order valence-corrected chi connectivity index (χ0v) is 14.1. The van der Waals surface area contributed by atoms with Gasteiger partial charge in [-0.2, -0.15) is 0 Å². The van der Waals surface area contributed by atoms with Gasteiger partial charge in [0.1, 0.15) is 5.82 Å². The first-order valence-electron chi connectivity index (χ1n) is 8.46. The van der Waals surface area contributed by atoms with Crippen LogP contribution >= 0.6 is 0 Å². The summed E-state index contributed by atoms with van der Waals surface area (Å²) in [5.41, 5.74) is 1.40. The third-order valence-corrected chi connectivity index (χ3v) is 4.22. The van der Waals surface area contributed by atoms with Crippen LogP contribution in [0.5, 0.6) is 0 Å². The lowest BCUT2D eigenvalue weighted by molar-refractivity contribution is 0.0697. The van der Waals surface area contributed by atoms with Gasteiger partial charge in [0.2, 0.25) is 0 Å². The quantitative estimate of drug-likeness (QED) is 0.695. The second-order valence-electron chi connectivity index (χ2n) is 5.99. The number of unbranched alkanes of at least 4 members (excludes halogenated alkanes) is 2. The number of carboxylic acids is 1. The monoisotopic (exact) mass is 336 g/mol. The Hall–Kier alpha value is -2.95. The SMILES string of the molecule is CCCCCc1nc2ccccc2c(=O)n1-c1ccc(C(=O)O)cc1. The molecule has 0 aliphatic heterocycles. The molecule has 2 aromatic carbocycles. The number of benzene rings is 2. The number of rotatable bonds is 6. The number of hydrogen-bond donors (Lipinski definition) is 1. The molecule has 5 heteroatoms. The zero-order chi connectivity index (χ0) is 17.8. The van der Waals surface area contributed by atoms with Gasteiger partial charge in [0.05, 0.1) is 22.2 Å². The fraction of sp³-hybridized carbons (Fsp3) is 0.250. The minimum Gasteiger partial charge on any atom is -0.478 e. The summed E-state index contributed by atoms with van der Waals surface area (Å²) < 4.78 is 1.60. The molecule has 3 rings (SSSR count). The largest absolute Gasteiger partial charge is 0.478 e. The van der Waals surface area contributed by atoms with E-state index in [1.807, 2.05) is 18.2 Å². The first-order chi connectivity index (χ1) is 12.1. The number of hydrogen-bond acceptors (Lipinski definition) is 3. The topological polar surface area (TPSA) is 72.2 Å². The van der Waals surface area contributed by atoms with Gasteiger partial charge in [-0.05, 0) is 42.8 Å². The molecule has 25 heavy (non-hydrogen) atoms. The Morgan fingerprint density at radius 2 is 1.80 bits per heavy atom. The molecular weight excluding hydrogens is 316 g/mol. The van der Waals surface area contributed by atoms with Crippen LogP contribution in [-0.4, -0.2) is 20.6 Å². The van der Waals surface area contributed by atoms with Crippen molar-refractivity contribution in [2.75, 3.05) is 0 Å². The average Bonchev–Trinajstić information content (AvgIpc) is 2.62. The Morgan fingerprint density at radius 1 is 1.08 bits per heavy atom. The summed E-state index contributed by atoms with van der Waals surface area (Å²) in [7, 11) is 0. The van der Waals surface area contributed by atoms with Gasteiger partial charge in [0, 0.05) is 6.42 Å². The molecule has 0 aliphatic carbocycles. The van der Waals surface area contributed by atoms with E-state index < -0.39 is 5.97 Å². The van der Waals surface area contributed by atoms with Gasteiger partial charge in [0.15, 0.2) is 0 Å². The van der Waals surface area contributed by atoms with Gasteiger partial charge in [0.25, 0.3) is 5.56 Å². The molecule has 128 valence electrons. The first kappa shape index (κ1) is 16.9. The van der Waals surface area contributed by atoms with Crippen molar-refractivity contribution in [1.29, 1.82) is 0 Å². The number of fused-ring (bicyclic) bond motifs is 1. The molecule has 3 aromatic rings. The van der Waals surface area contributed by atoms with Crippen LogP contribution in [0.2, 0.25) is 0 Å². The Morgan fingerprint density at radius 3 is 2.48 bits per heavy atom. The highest BCUT2D eigenvalue weighted by molar-refractivity contribution is 5.87. The second-order valence-corrected chi connectivity index (χ2v) is 5.99. The third kappa shape index (κ3) is 3.45. The molecule has 0 bridgehead atoms. The van der Waals surface area contributed by atoms with Crippen LogP contribution in [0.3, 0.4) is 0 Å². The van der Waals surface area contributed by atoms with Crippen LogP contribution in [0, 0.1) is 0 Å². The minimum atomic E-state index is -0.987. The summed E-state index contributed by atoms with van der Waals surface area (Å²) in [6.45, 7) is 2.13. The number of carbonyl (C=O) groups is 1. The molecule has 5 nitrogen and oxygen atoms in total. The Balaban J connectivity index is 2.16. The van der Waals surface area contributed by atoms with E-state index in [0.29, 0.717) is 28.8 Å². The van der Waals surface area contributed by atoms with Crippen LogP contribution in [0.1, 0.15) is 42.4 Å². The first-order valence-corrected chi connectivity index (χ1v) is 8.46. The van der Waals surface area contributed by atoms with E-state index in [2.05, 4.69) is 11.9 Å². The van der Waals surface area contributed by atoms with Gasteiger partial charge in [-0.1, -0.05) is 31.9 Å². The van der Waals surface area contributed by atoms with Crippen molar-refractivity contribution in [3.63, 3.8) is 0 Å². The smallest absolute Gasteiger partial charge is 0.335 e. The predicted octanol–water partition coefficient (Wildman–Crippen LogP) is 3.82. The van der Waals surface area contributed by atoms with Crippen molar-refractivity contribution >= 4 is 16.9 Å². The van der Waals surface area contributed by atoms with E-state index in [4.69, 9.17) is 5.11 Å². The maximum Gasteiger partial charge on any atom is 0.335 e. The molecule has 0 aliphatic rings. The number of carboxylic acid groups (broad SMARTS) is 1. The molecule has 0 unspecified atom stereocenters. The molecule has 1 heterocycles. The number of aromatic nitrogens is 2. The summed E-state index contributed by atoms with van der Waals surface area (Å²) in [4.78, 5) is 28.7. The molecule has 0 amide bonds. The maximum atomic E-state index is 13.0. The number of aryl methyl sites for hydroxylation is 1. The van der Waals surface area contributed by atoms with E-state index in [9.17, 15) is 9.59 Å². The minimum absolute atomic E-state index is 0.125. The number of para-hydroxylation sites is 1. The van der Waals surface area contributed by atoms with Crippen LogP contribution in [-0.2, 0) is 6.42 Å². The normalized spacial score (nSPS) is 10.9. The summed E-state index contributed by atoms with van der Waals surface area (Å²) in [6, 6.07) is 13.6. The van der Waals surface area contributed by atoms with E-state index >= 15 is 0 Å².